The smallest absolute Gasteiger partial charge is 0.185 e. The quantitative estimate of drug-likeness (QED) is 0.118. The van der Waals surface area contributed by atoms with E-state index in [1.807, 2.05) is 37.3 Å². The Morgan fingerprint density at radius 3 is 2.63 bits per heavy atom. The Morgan fingerprint density at radius 2 is 1.83 bits per heavy atom. The molecule has 4 aromatic rings. The van der Waals surface area contributed by atoms with E-state index in [1.165, 1.54) is 6.08 Å². The van der Waals surface area contributed by atoms with Gasteiger partial charge in [-0.15, -0.1) is 0 Å². The Morgan fingerprint density at radius 1 is 1.06 bits per heavy atom. The van der Waals surface area contributed by atoms with E-state index in [2.05, 4.69) is 15.3 Å². The number of rotatable bonds is 8. The number of phenolic OH excluding ortho intramolecular Hbond substituents is 1. The van der Waals surface area contributed by atoms with Gasteiger partial charge in [0.15, 0.2) is 5.78 Å². The van der Waals surface area contributed by atoms with Gasteiger partial charge in [0.1, 0.15) is 5.75 Å². The third kappa shape index (κ3) is 6.27. The third-order valence-corrected chi connectivity index (χ3v) is 5.89. The maximum atomic E-state index is 12.4. The van der Waals surface area contributed by atoms with Crippen LogP contribution in [-0.2, 0) is 0 Å². The molecule has 0 atom stereocenters. The van der Waals surface area contributed by atoms with E-state index >= 15 is 0 Å². The SMILES string of the molecule is Cc1cc(/C=C/C(=O)c2ccc(Cl)cc2)cc(C=NCCNc2ccnc3cc(Cl)ccc23)c1O. The summed E-state index contributed by atoms with van der Waals surface area (Å²) in [5, 5.41) is 16.0. The summed E-state index contributed by atoms with van der Waals surface area (Å²) in [5.41, 5.74) is 4.42. The summed E-state index contributed by atoms with van der Waals surface area (Å²) in [6.45, 7) is 2.92. The average molecular weight is 504 g/mol. The molecule has 0 bridgehead atoms. The molecule has 0 spiro atoms. The minimum atomic E-state index is -0.125. The first kappa shape index (κ1) is 24.5. The molecule has 5 nitrogen and oxygen atoms in total. The van der Waals surface area contributed by atoms with Gasteiger partial charge in [0.25, 0.3) is 0 Å². The van der Waals surface area contributed by atoms with Crippen LogP contribution in [0.15, 0.2) is 77.9 Å². The van der Waals surface area contributed by atoms with E-state index in [-0.39, 0.29) is 11.5 Å². The molecule has 1 aromatic heterocycles. The maximum absolute atomic E-state index is 12.4. The highest BCUT2D eigenvalue weighted by molar-refractivity contribution is 6.31. The second kappa shape index (κ2) is 11.2. The number of hydrogen-bond donors (Lipinski definition) is 2. The lowest BCUT2D eigenvalue weighted by Crippen LogP contribution is -2.05. The van der Waals surface area contributed by atoms with Gasteiger partial charge in [-0.2, -0.15) is 0 Å². The van der Waals surface area contributed by atoms with Crippen molar-refractivity contribution in [3.8, 4) is 5.75 Å². The van der Waals surface area contributed by atoms with Crippen molar-refractivity contribution in [3.63, 3.8) is 0 Å². The molecule has 0 aliphatic carbocycles. The van der Waals surface area contributed by atoms with Gasteiger partial charge >= 0.3 is 0 Å². The Kier molecular flexibility index (Phi) is 7.80. The number of hydrogen-bond acceptors (Lipinski definition) is 5. The monoisotopic (exact) mass is 503 g/mol. The molecule has 35 heavy (non-hydrogen) atoms. The van der Waals surface area contributed by atoms with Gasteiger partial charge in [-0.3, -0.25) is 14.8 Å². The van der Waals surface area contributed by atoms with Crippen LogP contribution in [0.25, 0.3) is 17.0 Å². The number of allylic oxidation sites excluding steroid dienone is 1. The number of ketones is 1. The largest absolute Gasteiger partial charge is 0.507 e. The molecular weight excluding hydrogens is 481 g/mol. The van der Waals surface area contributed by atoms with Crippen molar-refractivity contribution in [1.29, 1.82) is 0 Å². The average Bonchev–Trinajstić information content (AvgIpc) is 2.85. The molecule has 0 aliphatic heterocycles. The van der Waals surface area contributed by atoms with Gasteiger partial charge in [0.05, 0.1) is 12.1 Å². The number of halogens is 2. The number of nitrogens with zero attached hydrogens (tertiary/aromatic N) is 2. The zero-order valence-corrected chi connectivity index (χ0v) is 20.5. The zero-order valence-electron chi connectivity index (χ0n) is 19.0. The zero-order chi connectivity index (χ0) is 24.8. The van der Waals surface area contributed by atoms with Crippen LogP contribution in [0.5, 0.6) is 5.75 Å². The first-order chi connectivity index (χ1) is 16.9. The van der Waals surface area contributed by atoms with Crippen LogP contribution in [-0.4, -0.2) is 35.2 Å². The molecule has 0 saturated carbocycles. The van der Waals surface area contributed by atoms with Gasteiger partial charge in [-0.05, 0) is 84.8 Å². The number of carbonyl (C=O) groups excluding carboxylic acids is 1. The Bertz CT molecular complexity index is 1430. The summed E-state index contributed by atoms with van der Waals surface area (Å²) in [6.07, 6.45) is 6.61. The van der Waals surface area contributed by atoms with Gasteiger partial charge in [0.2, 0.25) is 0 Å². The molecule has 1 heterocycles. The van der Waals surface area contributed by atoms with E-state index in [1.54, 1.807) is 48.8 Å². The minimum absolute atomic E-state index is 0.125. The van der Waals surface area contributed by atoms with Crippen LogP contribution in [0.4, 0.5) is 5.69 Å². The van der Waals surface area contributed by atoms with Crippen LogP contribution < -0.4 is 5.32 Å². The summed E-state index contributed by atoms with van der Waals surface area (Å²) < 4.78 is 0. The minimum Gasteiger partial charge on any atom is -0.507 e. The number of fused-ring (bicyclic) bond motifs is 1. The predicted molar refractivity (Wildman–Crippen MR) is 145 cm³/mol. The van der Waals surface area contributed by atoms with Crippen LogP contribution in [0.3, 0.4) is 0 Å². The summed E-state index contributed by atoms with van der Waals surface area (Å²) in [7, 11) is 0. The Hall–Kier alpha value is -3.67. The molecule has 7 heteroatoms. The van der Waals surface area contributed by atoms with Crippen molar-refractivity contribution < 1.29 is 9.90 Å². The molecule has 2 N–H and O–H groups in total. The van der Waals surface area contributed by atoms with Crippen LogP contribution in [0.1, 0.15) is 27.0 Å². The normalized spacial score (nSPS) is 11.5. The standard InChI is InChI=1S/C28H23Cl2N3O2/c1-18-14-19(2-9-27(34)20-3-5-22(29)6-4-20)15-21(28(18)35)17-31-12-13-33-25-10-11-32-26-16-23(30)7-8-24(25)26/h2-11,14-17,35H,12-13H2,1H3,(H,32,33)/b9-2+,31-17?. The maximum Gasteiger partial charge on any atom is 0.185 e. The highest BCUT2D eigenvalue weighted by Crippen LogP contribution is 2.25. The molecule has 0 fully saturated rings. The Balaban J connectivity index is 1.40. The summed E-state index contributed by atoms with van der Waals surface area (Å²) in [6, 6.07) is 17.9. The predicted octanol–water partition coefficient (Wildman–Crippen LogP) is 6.98. The van der Waals surface area contributed by atoms with E-state index in [4.69, 9.17) is 23.2 Å². The summed E-state index contributed by atoms with van der Waals surface area (Å²) >= 11 is 11.9. The van der Waals surface area contributed by atoms with Crippen molar-refractivity contribution >= 4 is 57.9 Å². The van der Waals surface area contributed by atoms with E-state index in [0.29, 0.717) is 39.8 Å². The van der Waals surface area contributed by atoms with Crippen molar-refractivity contribution in [2.24, 2.45) is 4.99 Å². The fourth-order valence-electron chi connectivity index (χ4n) is 3.61. The first-order valence-corrected chi connectivity index (χ1v) is 11.8. The molecule has 3 aromatic carbocycles. The molecule has 176 valence electrons. The lowest BCUT2D eigenvalue weighted by atomic mass is 10.0. The van der Waals surface area contributed by atoms with Gasteiger partial charge < -0.3 is 10.4 Å². The second-order valence-corrected chi connectivity index (χ2v) is 8.84. The second-order valence-electron chi connectivity index (χ2n) is 7.96. The number of benzene rings is 3. The highest BCUT2D eigenvalue weighted by Gasteiger charge is 2.06. The van der Waals surface area contributed by atoms with Crippen LogP contribution >= 0.6 is 23.2 Å². The van der Waals surface area contributed by atoms with Crippen molar-refractivity contribution in [1.82, 2.24) is 4.98 Å². The van der Waals surface area contributed by atoms with E-state index in [9.17, 15) is 9.90 Å². The third-order valence-electron chi connectivity index (χ3n) is 5.40. The van der Waals surface area contributed by atoms with Crippen LogP contribution in [0, 0.1) is 6.92 Å². The van der Waals surface area contributed by atoms with E-state index in [0.717, 1.165) is 22.2 Å². The number of phenols is 1. The number of carbonyl (C=O) groups is 1. The molecule has 0 unspecified atom stereocenters. The van der Waals surface area contributed by atoms with Gasteiger partial charge in [-0.1, -0.05) is 29.3 Å². The number of aliphatic imine (C=N–C) groups is 1. The number of aryl methyl sites for hydroxylation is 1. The Labute approximate surface area is 213 Å². The lowest BCUT2D eigenvalue weighted by molar-refractivity contribution is 0.104. The molecule has 0 amide bonds. The van der Waals surface area contributed by atoms with E-state index < -0.39 is 0 Å². The van der Waals surface area contributed by atoms with Crippen molar-refractivity contribution in [2.75, 3.05) is 18.4 Å². The van der Waals surface area contributed by atoms with Crippen molar-refractivity contribution in [3.05, 3.63) is 105 Å². The molecule has 0 radical (unpaired) electrons. The number of nitrogens with one attached hydrogen (secondary N) is 1. The molecular formula is C28H23Cl2N3O2. The molecule has 0 saturated heterocycles. The van der Waals surface area contributed by atoms with Crippen molar-refractivity contribution in [2.45, 2.75) is 6.92 Å². The molecule has 4 rings (SSSR count). The van der Waals surface area contributed by atoms with Crippen LogP contribution in [0.2, 0.25) is 10.0 Å². The fraction of sp³-hybridized carbons (Fsp3) is 0.107. The number of pyridine rings is 1. The van der Waals surface area contributed by atoms with Gasteiger partial charge in [-0.25, -0.2) is 0 Å². The lowest BCUT2D eigenvalue weighted by Gasteiger charge is -2.08. The number of aromatic hydroxyl groups is 1. The first-order valence-electron chi connectivity index (χ1n) is 11.0. The highest BCUT2D eigenvalue weighted by atomic mass is 35.5. The number of anilines is 1. The van der Waals surface area contributed by atoms with Gasteiger partial charge in [0, 0.05) is 51.2 Å². The fourth-order valence-corrected chi connectivity index (χ4v) is 3.90. The molecule has 0 aliphatic rings. The summed E-state index contributed by atoms with van der Waals surface area (Å²) in [5.74, 6) is 0.0412. The number of aromatic nitrogens is 1. The topological polar surface area (TPSA) is 74.6 Å². The summed E-state index contributed by atoms with van der Waals surface area (Å²) in [4.78, 5) is 21.2.